The molecule has 0 aromatic heterocycles. The first-order valence-corrected chi connectivity index (χ1v) is 8.47. The maximum atomic E-state index is 10.8. The number of unbranched alkanes of at least 4 members (excludes halogenated alkanes) is 5. The Labute approximate surface area is 141 Å². The molecule has 0 unspecified atom stereocenters. The summed E-state index contributed by atoms with van der Waals surface area (Å²) in [6.07, 6.45) is 5.05. The van der Waals surface area contributed by atoms with Crippen molar-refractivity contribution in [1.82, 2.24) is 4.08 Å². The van der Waals surface area contributed by atoms with Gasteiger partial charge in [0.05, 0.1) is 0 Å². The third-order valence-corrected chi connectivity index (χ3v) is 5.01. The molecule has 10 heteroatoms. The Hall–Kier alpha value is 1.28. The maximum Gasteiger partial charge on any atom is 2.00 e. The van der Waals surface area contributed by atoms with Crippen LogP contribution in [0.25, 0.3) is 0 Å². The van der Waals surface area contributed by atoms with Crippen LogP contribution in [-0.2, 0) is 14.9 Å². The summed E-state index contributed by atoms with van der Waals surface area (Å²) in [6.45, 7) is 1.70. The van der Waals surface area contributed by atoms with E-state index in [9.17, 15) is 13.0 Å². The SMILES string of the molecule is CCCCCCCCN(P(=O)(O)O)S(=O)(=O)O.[Ca+2].[H-].[H-]. The monoisotopic (exact) mass is 331 g/mol. The standard InChI is InChI=1S/C8H20NO6PS.Ca.2H/c1-2-3-4-5-6-7-8-9(16(10,11)12)17(13,14)15;;;/h2-8H2,1H3,(H2,10,11,12)(H,13,14,15);;;/q;+2;2*-1. The Morgan fingerprint density at radius 2 is 1.56 bits per heavy atom. The molecule has 0 saturated heterocycles. The molecule has 0 aliphatic rings. The molecule has 3 N–H and O–H groups in total. The molecule has 0 aromatic rings. The maximum absolute atomic E-state index is 10.8. The molecule has 0 saturated carbocycles. The molecule has 0 aromatic carbocycles. The summed E-state index contributed by atoms with van der Waals surface area (Å²) >= 11 is 0. The van der Waals surface area contributed by atoms with Gasteiger partial charge in [0, 0.05) is 6.54 Å². The fraction of sp³-hybridized carbons (Fsp3) is 1.00. The van der Waals surface area contributed by atoms with Crippen LogP contribution in [0.3, 0.4) is 0 Å². The fourth-order valence-corrected chi connectivity index (χ4v) is 3.24. The largest absolute Gasteiger partial charge is 2.00 e. The molecule has 7 nitrogen and oxygen atoms in total. The topological polar surface area (TPSA) is 115 Å². The van der Waals surface area contributed by atoms with Gasteiger partial charge in [0.25, 0.3) is 0 Å². The zero-order valence-electron chi connectivity index (χ0n) is 12.5. The van der Waals surface area contributed by atoms with Gasteiger partial charge >= 0.3 is 55.8 Å². The molecule has 0 bridgehead atoms. The van der Waals surface area contributed by atoms with Crippen LogP contribution in [0.15, 0.2) is 0 Å². The fourth-order valence-electron chi connectivity index (χ4n) is 1.41. The molecule has 18 heavy (non-hydrogen) atoms. The van der Waals surface area contributed by atoms with E-state index in [4.69, 9.17) is 14.3 Å². The van der Waals surface area contributed by atoms with Gasteiger partial charge in [-0.25, -0.2) is 4.57 Å². The second kappa shape index (κ2) is 10.1. The van der Waals surface area contributed by atoms with Gasteiger partial charge in [0.1, 0.15) is 0 Å². The van der Waals surface area contributed by atoms with Crippen molar-refractivity contribution in [2.75, 3.05) is 6.54 Å². The molecule has 0 amide bonds. The smallest absolute Gasteiger partial charge is 1.00 e. The van der Waals surface area contributed by atoms with Crippen LogP contribution < -0.4 is 0 Å². The van der Waals surface area contributed by atoms with E-state index in [2.05, 4.69) is 6.92 Å². The summed E-state index contributed by atoms with van der Waals surface area (Å²) in [5, 5.41) is 0. The van der Waals surface area contributed by atoms with Crippen molar-refractivity contribution in [1.29, 1.82) is 0 Å². The van der Waals surface area contributed by atoms with E-state index in [0.29, 0.717) is 12.8 Å². The summed E-state index contributed by atoms with van der Waals surface area (Å²) in [7, 11) is -9.81. The summed E-state index contributed by atoms with van der Waals surface area (Å²) in [5.41, 5.74) is 0. The van der Waals surface area contributed by atoms with Gasteiger partial charge in [-0.2, -0.15) is 8.42 Å². The van der Waals surface area contributed by atoms with Gasteiger partial charge in [-0.1, -0.05) is 43.1 Å². The molecular formula is C8H22CaNO6PS. The first-order valence-electron chi connectivity index (χ1n) is 5.50. The minimum absolute atomic E-state index is 0. The Kier molecular flexibility index (Phi) is 12.1. The van der Waals surface area contributed by atoms with Crippen molar-refractivity contribution in [3.05, 3.63) is 0 Å². The Balaban J connectivity index is -0.000000427. The van der Waals surface area contributed by atoms with E-state index in [0.717, 1.165) is 25.7 Å². The summed E-state index contributed by atoms with van der Waals surface area (Å²) in [6, 6.07) is 0. The van der Waals surface area contributed by atoms with Gasteiger partial charge in [0.15, 0.2) is 0 Å². The van der Waals surface area contributed by atoms with Crippen molar-refractivity contribution < 1.29 is 30.2 Å². The van der Waals surface area contributed by atoms with Crippen molar-refractivity contribution in [3.63, 3.8) is 0 Å². The van der Waals surface area contributed by atoms with Crippen molar-refractivity contribution in [2.45, 2.75) is 45.4 Å². The molecule has 0 radical (unpaired) electrons. The van der Waals surface area contributed by atoms with Crippen LogP contribution in [0.4, 0.5) is 0 Å². The number of nitrogens with zero attached hydrogens (tertiary/aromatic N) is 1. The van der Waals surface area contributed by atoms with Crippen LogP contribution >= 0.6 is 7.75 Å². The zero-order chi connectivity index (χ0) is 13.5. The van der Waals surface area contributed by atoms with E-state index in [1.807, 2.05) is 0 Å². The second-order valence-corrected chi connectivity index (χ2v) is 6.92. The number of hydrogen-bond donors (Lipinski definition) is 3. The van der Waals surface area contributed by atoms with E-state index in [-0.39, 0.29) is 51.2 Å². The summed E-state index contributed by atoms with van der Waals surface area (Å²) in [5.74, 6) is 0. The average Bonchev–Trinajstić information content (AvgIpc) is 2.12. The van der Waals surface area contributed by atoms with Gasteiger partial charge in [-0.15, -0.1) is 0 Å². The minimum Gasteiger partial charge on any atom is -1.00 e. The molecule has 0 rings (SSSR count). The van der Waals surface area contributed by atoms with E-state index < -0.39 is 18.1 Å². The molecule has 0 aliphatic carbocycles. The first kappa shape index (κ1) is 21.6. The zero-order valence-corrected chi connectivity index (χ0v) is 14.4. The molecule has 108 valence electrons. The predicted molar refractivity (Wildman–Crippen MR) is 71.7 cm³/mol. The van der Waals surface area contributed by atoms with E-state index in [1.54, 1.807) is 0 Å². The Morgan fingerprint density at radius 1 is 1.11 bits per heavy atom. The minimum atomic E-state index is -4.96. The van der Waals surface area contributed by atoms with Crippen molar-refractivity contribution >= 4 is 55.8 Å². The summed E-state index contributed by atoms with van der Waals surface area (Å²) in [4.78, 5) is 17.5. The van der Waals surface area contributed by atoms with Crippen LogP contribution in [0.5, 0.6) is 0 Å². The predicted octanol–water partition coefficient (Wildman–Crippen LogP) is 1.39. The van der Waals surface area contributed by atoms with Crippen LogP contribution in [0.2, 0.25) is 0 Å². The van der Waals surface area contributed by atoms with Gasteiger partial charge in [-0.05, 0) is 6.42 Å². The van der Waals surface area contributed by atoms with E-state index >= 15 is 0 Å². The van der Waals surface area contributed by atoms with Crippen molar-refractivity contribution in [2.24, 2.45) is 0 Å². The van der Waals surface area contributed by atoms with Gasteiger partial charge < -0.3 is 12.6 Å². The number of hydrogen-bond acceptors (Lipinski definition) is 3. The molecular weight excluding hydrogens is 309 g/mol. The Bertz CT molecular complexity index is 366. The second-order valence-electron chi connectivity index (χ2n) is 3.80. The van der Waals surface area contributed by atoms with E-state index in [1.165, 1.54) is 0 Å². The van der Waals surface area contributed by atoms with Crippen LogP contribution in [0.1, 0.15) is 48.3 Å². The van der Waals surface area contributed by atoms with Crippen LogP contribution in [-0.4, -0.2) is 71.1 Å². The molecule has 0 aliphatic heterocycles. The third kappa shape index (κ3) is 10.1. The molecule has 0 fully saturated rings. The normalized spacial score (nSPS) is 12.5. The van der Waals surface area contributed by atoms with Crippen LogP contribution in [0, 0.1) is 0 Å². The molecule has 0 spiro atoms. The molecule has 0 heterocycles. The third-order valence-electron chi connectivity index (χ3n) is 2.26. The first-order chi connectivity index (χ1) is 7.69. The average molecular weight is 331 g/mol. The quantitative estimate of drug-likeness (QED) is 0.254. The Morgan fingerprint density at radius 3 is 1.94 bits per heavy atom. The van der Waals surface area contributed by atoms with Crippen molar-refractivity contribution in [3.8, 4) is 0 Å². The summed E-state index contributed by atoms with van der Waals surface area (Å²) < 4.78 is 40.8. The van der Waals surface area contributed by atoms with Gasteiger partial charge in [-0.3, -0.25) is 4.55 Å². The van der Waals surface area contributed by atoms with Gasteiger partial charge in [0.2, 0.25) is 0 Å². The number of rotatable bonds is 9. The molecule has 0 atom stereocenters.